The Kier molecular flexibility index (Phi) is 4.84. The average molecular weight is 278 g/mol. The Morgan fingerprint density at radius 1 is 1.50 bits per heavy atom. The van der Waals surface area contributed by atoms with E-state index < -0.39 is 0 Å². The second kappa shape index (κ2) is 6.61. The zero-order chi connectivity index (χ0) is 14.5. The summed E-state index contributed by atoms with van der Waals surface area (Å²) in [7, 11) is 0. The van der Waals surface area contributed by atoms with Gasteiger partial charge in [0.2, 0.25) is 0 Å². The molecule has 20 heavy (non-hydrogen) atoms. The highest BCUT2D eigenvalue weighted by Gasteiger charge is 2.27. The highest BCUT2D eigenvalue weighted by molar-refractivity contribution is 6.02. The van der Waals surface area contributed by atoms with Crippen LogP contribution in [0.25, 0.3) is 0 Å². The Labute approximate surface area is 119 Å². The number of nitrogens with two attached hydrogens (primary N) is 1. The van der Waals surface area contributed by atoms with Gasteiger partial charge in [0.1, 0.15) is 11.3 Å². The molecule has 2 N–H and O–H groups in total. The second-order valence-corrected chi connectivity index (χ2v) is 4.81. The van der Waals surface area contributed by atoms with Crippen molar-refractivity contribution < 1.29 is 14.3 Å². The molecule has 1 aliphatic rings. The maximum Gasteiger partial charge on any atom is 0.259 e. The van der Waals surface area contributed by atoms with E-state index in [0.717, 1.165) is 6.42 Å². The average Bonchev–Trinajstić information content (AvgIpc) is 2.47. The summed E-state index contributed by atoms with van der Waals surface area (Å²) in [6.45, 7) is 6.22. The van der Waals surface area contributed by atoms with Gasteiger partial charge in [-0.25, -0.2) is 0 Å². The van der Waals surface area contributed by atoms with Crippen molar-refractivity contribution in [2.24, 2.45) is 0 Å². The van der Waals surface area contributed by atoms with E-state index >= 15 is 0 Å². The van der Waals surface area contributed by atoms with Crippen LogP contribution in [0, 0.1) is 0 Å². The molecule has 1 atom stereocenters. The van der Waals surface area contributed by atoms with Crippen LogP contribution in [0.15, 0.2) is 18.2 Å². The maximum atomic E-state index is 12.7. The minimum Gasteiger partial charge on any atom is -0.493 e. The predicted molar refractivity (Wildman–Crippen MR) is 78.0 cm³/mol. The third-order valence-corrected chi connectivity index (χ3v) is 3.45. The molecular weight excluding hydrogens is 256 g/mol. The lowest BCUT2D eigenvalue weighted by molar-refractivity contribution is -0.0226. The number of hydrogen-bond donors (Lipinski definition) is 1. The SMILES string of the molecule is CCOc1cccc(N)c1C(=O)N1CCOC(CC)C1. The number of nitrogen functional groups attached to an aromatic ring is 1. The lowest BCUT2D eigenvalue weighted by Gasteiger charge is -2.33. The number of hydrogen-bond acceptors (Lipinski definition) is 4. The third-order valence-electron chi connectivity index (χ3n) is 3.45. The molecule has 1 heterocycles. The number of carbonyl (C=O) groups is 1. The van der Waals surface area contributed by atoms with Gasteiger partial charge in [0.25, 0.3) is 5.91 Å². The second-order valence-electron chi connectivity index (χ2n) is 4.81. The van der Waals surface area contributed by atoms with Crippen molar-refractivity contribution in [1.29, 1.82) is 0 Å². The summed E-state index contributed by atoms with van der Waals surface area (Å²) >= 11 is 0. The number of rotatable bonds is 4. The number of ether oxygens (including phenoxy) is 2. The van der Waals surface area contributed by atoms with Gasteiger partial charge in [-0.05, 0) is 25.5 Å². The van der Waals surface area contributed by atoms with Crippen molar-refractivity contribution in [2.75, 3.05) is 32.0 Å². The fourth-order valence-corrected chi connectivity index (χ4v) is 2.36. The molecule has 1 aromatic carbocycles. The van der Waals surface area contributed by atoms with E-state index in [1.807, 2.05) is 6.92 Å². The normalized spacial score (nSPS) is 18.9. The van der Waals surface area contributed by atoms with Crippen LogP contribution in [-0.4, -0.2) is 43.2 Å². The van der Waals surface area contributed by atoms with E-state index in [2.05, 4.69) is 6.92 Å². The lowest BCUT2D eigenvalue weighted by Crippen LogP contribution is -2.45. The number of benzene rings is 1. The van der Waals surface area contributed by atoms with Crippen molar-refractivity contribution >= 4 is 11.6 Å². The van der Waals surface area contributed by atoms with Gasteiger partial charge >= 0.3 is 0 Å². The predicted octanol–water partition coefficient (Wildman–Crippen LogP) is 1.92. The first-order chi connectivity index (χ1) is 9.67. The van der Waals surface area contributed by atoms with Crippen LogP contribution in [0.3, 0.4) is 0 Å². The van der Waals surface area contributed by atoms with Gasteiger partial charge in [-0.1, -0.05) is 13.0 Å². The van der Waals surface area contributed by atoms with Crippen LogP contribution in [0.1, 0.15) is 30.6 Å². The van der Waals surface area contributed by atoms with Gasteiger partial charge < -0.3 is 20.1 Å². The molecule has 0 spiro atoms. The Morgan fingerprint density at radius 3 is 3.00 bits per heavy atom. The number of amides is 1. The molecule has 5 nitrogen and oxygen atoms in total. The van der Waals surface area contributed by atoms with E-state index in [0.29, 0.717) is 43.3 Å². The fourth-order valence-electron chi connectivity index (χ4n) is 2.36. The molecule has 2 rings (SSSR count). The Balaban J connectivity index is 2.24. The largest absolute Gasteiger partial charge is 0.493 e. The van der Waals surface area contributed by atoms with E-state index in [9.17, 15) is 4.79 Å². The lowest BCUT2D eigenvalue weighted by atomic mass is 10.1. The Hall–Kier alpha value is -1.75. The first-order valence-corrected chi connectivity index (χ1v) is 7.09. The molecule has 0 bridgehead atoms. The van der Waals surface area contributed by atoms with Crippen LogP contribution in [0.4, 0.5) is 5.69 Å². The zero-order valence-corrected chi connectivity index (χ0v) is 12.1. The number of morpholine rings is 1. The first kappa shape index (κ1) is 14.7. The molecule has 1 aliphatic heterocycles. The maximum absolute atomic E-state index is 12.7. The smallest absolute Gasteiger partial charge is 0.259 e. The van der Waals surface area contributed by atoms with Crippen LogP contribution >= 0.6 is 0 Å². The minimum atomic E-state index is -0.0756. The fraction of sp³-hybridized carbons (Fsp3) is 0.533. The molecule has 1 fully saturated rings. The van der Waals surface area contributed by atoms with Crippen molar-refractivity contribution in [3.05, 3.63) is 23.8 Å². The summed E-state index contributed by atoms with van der Waals surface area (Å²) in [5, 5.41) is 0. The van der Waals surface area contributed by atoms with Crippen molar-refractivity contribution in [3.63, 3.8) is 0 Å². The van der Waals surface area contributed by atoms with Crippen LogP contribution in [-0.2, 0) is 4.74 Å². The molecule has 1 aromatic rings. The van der Waals surface area contributed by atoms with E-state index in [4.69, 9.17) is 15.2 Å². The molecule has 1 amide bonds. The quantitative estimate of drug-likeness (QED) is 0.855. The minimum absolute atomic E-state index is 0.0756. The molecular formula is C15H22N2O3. The molecule has 110 valence electrons. The number of nitrogens with zero attached hydrogens (tertiary/aromatic N) is 1. The van der Waals surface area contributed by atoms with Crippen molar-refractivity contribution in [1.82, 2.24) is 4.90 Å². The van der Waals surface area contributed by atoms with Gasteiger partial charge in [-0.15, -0.1) is 0 Å². The summed E-state index contributed by atoms with van der Waals surface area (Å²) in [4.78, 5) is 14.5. The molecule has 1 saturated heterocycles. The van der Waals surface area contributed by atoms with Gasteiger partial charge in [-0.2, -0.15) is 0 Å². The zero-order valence-electron chi connectivity index (χ0n) is 12.1. The van der Waals surface area contributed by atoms with Gasteiger partial charge in [-0.3, -0.25) is 4.79 Å². The molecule has 0 radical (unpaired) electrons. The standard InChI is InChI=1S/C15H22N2O3/c1-3-11-10-17(8-9-20-11)15(18)14-12(16)6-5-7-13(14)19-4-2/h5-7,11H,3-4,8-10,16H2,1-2H3. The summed E-state index contributed by atoms with van der Waals surface area (Å²) in [5.74, 6) is 0.477. The monoisotopic (exact) mass is 278 g/mol. The summed E-state index contributed by atoms with van der Waals surface area (Å²) in [6, 6.07) is 5.31. The first-order valence-electron chi connectivity index (χ1n) is 7.09. The molecule has 0 saturated carbocycles. The van der Waals surface area contributed by atoms with E-state index in [-0.39, 0.29) is 12.0 Å². The highest BCUT2D eigenvalue weighted by Crippen LogP contribution is 2.27. The topological polar surface area (TPSA) is 64.8 Å². The van der Waals surface area contributed by atoms with Crippen LogP contribution in [0.5, 0.6) is 5.75 Å². The Bertz CT molecular complexity index is 476. The molecule has 0 aromatic heterocycles. The van der Waals surface area contributed by atoms with Crippen molar-refractivity contribution in [3.8, 4) is 5.75 Å². The molecule has 5 heteroatoms. The third kappa shape index (κ3) is 3.04. The molecule has 1 unspecified atom stereocenters. The van der Waals surface area contributed by atoms with Crippen LogP contribution < -0.4 is 10.5 Å². The van der Waals surface area contributed by atoms with Crippen molar-refractivity contribution in [2.45, 2.75) is 26.4 Å². The van der Waals surface area contributed by atoms with Crippen LogP contribution in [0.2, 0.25) is 0 Å². The summed E-state index contributed by atoms with van der Waals surface area (Å²) in [5.41, 5.74) is 6.89. The summed E-state index contributed by atoms with van der Waals surface area (Å²) in [6.07, 6.45) is 1.00. The van der Waals surface area contributed by atoms with Gasteiger partial charge in [0, 0.05) is 18.8 Å². The van der Waals surface area contributed by atoms with Gasteiger partial charge in [0.15, 0.2) is 0 Å². The van der Waals surface area contributed by atoms with E-state index in [1.54, 1.807) is 23.1 Å². The number of anilines is 1. The highest BCUT2D eigenvalue weighted by atomic mass is 16.5. The number of carbonyl (C=O) groups excluding carboxylic acids is 1. The molecule has 0 aliphatic carbocycles. The summed E-state index contributed by atoms with van der Waals surface area (Å²) < 4.78 is 11.1. The van der Waals surface area contributed by atoms with E-state index in [1.165, 1.54) is 0 Å². The Morgan fingerprint density at radius 2 is 2.30 bits per heavy atom. The van der Waals surface area contributed by atoms with Gasteiger partial charge in [0.05, 0.1) is 19.3 Å².